The van der Waals surface area contributed by atoms with Gasteiger partial charge in [0.05, 0.1) is 12.7 Å². The second-order valence-corrected chi connectivity index (χ2v) is 14.7. The van der Waals surface area contributed by atoms with Crippen molar-refractivity contribution >= 4 is 36.0 Å². The van der Waals surface area contributed by atoms with E-state index in [4.69, 9.17) is 5.11 Å². The summed E-state index contributed by atoms with van der Waals surface area (Å²) in [5, 5.41) is 20.2. The van der Waals surface area contributed by atoms with Gasteiger partial charge < -0.3 is 20.0 Å². The highest BCUT2D eigenvalue weighted by atomic mass is 31.2. The SMILES string of the molecule is CC(C)C(O)C(C)(C)CO.O=P(O)(c1ccccc1)c1ccccc1.O=P(O)(c1ccccc1)c1ccccc1. The molecule has 8 heteroatoms. The summed E-state index contributed by atoms with van der Waals surface area (Å²) in [4.78, 5) is 20.0. The van der Waals surface area contributed by atoms with Gasteiger partial charge in [-0.3, -0.25) is 9.13 Å². The summed E-state index contributed by atoms with van der Waals surface area (Å²) in [6, 6.07) is 34.8. The van der Waals surface area contributed by atoms with Crippen LogP contribution in [0.15, 0.2) is 121 Å². The molecule has 4 N–H and O–H groups in total. The molecule has 0 heterocycles. The Balaban J connectivity index is 0.000000216. The van der Waals surface area contributed by atoms with Crippen molar-refractivity contribution in [3.63, 3.8) is 0 Å². The molecule has 4 rings (SSSR count). The van der Waals surface area contributed by atoms with Crippen LogP contribution in [0.2, 0.25) is 0 Å². The fourth-order valence-electron chi connectivity index (χ4n) is 3.81. The highest BCUT2D eigenvalue weighted by molar-refractivity contribution is 7.73. The topological polar surface area (TPSA) is 115 Å². The maximum absolute atomic E-state index is 12.2. The van der Waals surface area contributed by atoms with E-state index in [2.05, 4.69) is 0 Å². The molecule has 0 saturated heterocycles. The van der Waals surface area contributed by atoms with E-state index < -0.39 is 20.8 Å². The van der Waals surface area contributed by atoms with Gasteiger partial charge in [0.25, 0.3) is 14.7 Å². The van der Waals surface area contributed by atoms with Crippen molar-refractivity contribution in [2.45, 2.75) is 33.8 Å². The van der Waals surface area contributed by atoms with Gasteiger partial charge in [0.2, 0.25) is 0 Å². The van der Waals surface area contributed by atoms with Crippen molar-refractivity contribution in [3.8, 4) is 0 Å². The van der Waals surface area contributed by atoms with Crippen LogP contribution in [0.3, 0.4) is 0 Å². The van der Waals surface area contributed by atoms with Crippen molar-refractivity contribution in [1.82, 2.24) is 0 Å². The quantitative estimate of drug-likeness (QED) is 0.232. The van der Waals surface area contributed by atoms with E-state index in [0.717, 1.165) is 0 Å². The highest BCUT2D eigenvalue weighted by Gasteiger charge is 2.29. The number of benzene rings is 4. The minimum atomic E-state index is -3.40. The lowest BCUT2D eigenvalue weighted by atomic mass is 9.82. The molecule has 0 amide bonds. The van der Waals surface area contributed by atoms with Gasteiger partial charge in [-0.2, -0.15) is 0 Å². The van der Waals surface area contributed by atoms with E-state index in [1.165, 1.54) is 0 Å². The summed E-state index contributed by atoms with van der Waals surface area (Å²) in [7, 11) is -6.79. The minimum absolute atomic E-state index is 0.0341. The lowest BCUT2D eigenvalue weighted by molar-refractivity contribution is -0.0204. The highest BCUT2D eigenvalue weighted by Crippen LogP contribution is 2.38. The summed E-state index contributed by atoms with van der Waals surface area (Å²) in [5.74, 6) is 0.210. The van der Waals surface area contributed by atoms with Crippen LogP contribution in [-0.4, -0.2) is 32.7 Å². The molecule has 0 fully saturated rings. The zero-order valence-electron chi connectivity index (χ0n) is 23.4. The first-order valence-corrected chi connectivity index (χ1v) is 16.3. The fourth-order valence-corrected chi connectivity index (χ4v) is 6.72. The van der Waals surface area contributed by atoms with Gasteiger partial charge in [0.1, 0.15) is 0 Å². The number of hydrogen-bond acceptors (Lipinski definition) is 4. The Kier molecular flexibility index (Phi) is 12.7. The Labute approximate surface area is 237 Å². The molecule has 4 aromatic rings. The standard InChI is InChI=1S/2C12H11O2P.C8H18O2/c2*13-15(14,11-7-3-1-4-8-11)12-9-5-2-6-10-12;1-6(2)7(10)8(3,4)5-9/h2*1-10H,(H,13,14);6-7,9-10H,5H2,1-4H3. The van der Waals surface area contributed by atoms with Crippen LogP contribution in [0, 0.1) is 11.3 Å². The van der Waals surface area contributed by atoms with Crippen LogP contribution < -0.4 is 21.2 Å². The molecule has 0 aliphatic rings. The Hall–Kier alpha value is -2.82. The van der Waals surface area contributed by atoms with Crippen LogP contribution in [0.5, 0.6) is 0 Å². The number of hydrogen-bond donors (Lipinski definition) is 4. The molecule has 1 unspecified atom stereocenters. The molecule has 6 nitrogen and oxygen atoms in total. The average molecular weight is 583 g/mol. The molecule has 214 valence electrons. The molecule has 0 bridgehead atoms. The van der Waals surface area contributed by atoms with E-state index in [1.54, 1.807) is 97.1 Å². The average Bonchev–Trinajstić information content (AvgIpc) is 2.99. The van der Waals surface area contributed by atoms with Crippen LogP contribution in [0.25, 0.3) is 0 Å². The monoisotopic (exact) mass is 582 g/mol. The molecule has 0 aromatic heterocycles. The molecule has 0 spiro atoms. The summed E-state index contributed by atoms with van der Waals surface area (Å²) in [6.07, 6.45) is -0.419. The number of rotatable bonds is 7. The summed E-state index contributed by atoms with van der Waals surface area (Å²) >= 11 is 0. The van der Waals surface area contributed by atoms with Gasteiger partial charge in [-0.15, -0.1) is 0 Å². The Morgan fingerprint density at radius 2 is 0.800 bits per heavy atom. The van der Waals surface area contributed by atoms with Gasteiger partial charge >= 0.3 is 0 Å². The normalized spacial score (nSPS) is 12.4. The Bertz CT molecular complexity index is 1180. The predicted molar refractivity (Wildman–Crippen MR) is 166 cm³/mol. The van der Waals surface area contributed by atoms with Crippen molar-refractivity contribution < 1.29 is 29.1 Å². The summed E-state index contributed by atoms with van der Waals surface area (Å²) in [6.45, 7) is 7.64. The van der Waals surface area contributed by atoms with Crippen molar-refractivity contribution in [2.75, 3.05) is 6.61 Å². The van der Waals surface area contributed by atoms with Gasteiger partial charge in [-0.25, -0.2) is 0 Å². The van der Waals surface area contributed by atoms with E-state index in [9.17, 15) is 24.0 Å². The van der Waals surface area contributed by atoms with Crippen LogP contribution >= 0.6 is 14.7 Å². The second-order valence-electron chi connectivity index (χ2n) is 10.3. The third-order valence-electron chi connectivity index (χ3n) is 6.26. The number of aliphatic hydroxyl groups is 2. The minimum Gasteiger partial charge on any atom is -0.396 e. The van der Waals surface area contributed by atoms with Crippen molar-refractivity contribution in [2.24, 2.45) is 11.3 Å². The van der Waals surface area contributed by atoms with Crippen LogP contribution in [0.1, 0.15) is 27.7 Å². The van der Waals surface area contributed by atoms with Gasteiger partial charge in [0, 0.05) is 26.6 Å². The van der Waals surface area contributed by atoms with Crippen LogP contribution in [0.4, 0.5) is 0 Å². The fraction of sp³-hybridized carbons (Fsp3) is 0.250. The smallest absolute Gasteiger partial charge is 0.258 e. The maximum Gasteiger partial charge on any atom is 0.258 e. The zero-order chi connectivity index (χ0) is 29.8. The Morgan fingerprint density at radius 3 is 0.950 bits per heavy atom. The van der Waals surface area contributed by atoms with E-state index in [1.807, 2.05) is 52.0 Å². The van der Waals surface area contributed by atoms with Crippen molar-refractivity contribution in [1.29, 1.82) is 0 Å². The molecule has 0 aliphatic carbocycles. The lowest BCUT2D eigenvalue weighted by Gasteiger charge is -2.30. The van der Waals surface area contributed by atoms with E-state index in [0.29, 0.717) is 21.2 Å². The summed E-state index contributed by atoms with van der Waals surface area (Å²) in [5.41, 5.74) is -0.367. The van der Waals surface area contributed by atoms with Crippen LogP contribution in [-0.2, 0) is 9.13 Å². The van der Waals surface area contributed by atoms with E-state index in [-0.39, 0.29) is 17.9 Å². The molecule has 0 saturated carbocycles. The zero-order valence-corrected chi connectivity index (χ0v) is 25.2. The molecule has 1 atom stereocenters. The maximum atomic E-state index is 12.2. The summed E-state index contributed by atoms with van der Waals surface area (Å²) < 4.78 is 24.3. The third-order valence-corrected chi connectivity index (χ3v) is 10.3. The molecular formula is C32H40O6P2. The first-order chi connectivity index (χ1) is 18.8. The molecular weight excluding hydrogens is 542 g/mol. The van der Waals surface area contributed by atoms with Gasteiger partial charge in [-0.1, -0.05) is 100 Å². The lowest BCUT2D eigenvalue weighted by Crippen LogP contribution is -2.36. The molecule has 40 heavy (non-hydrogen) atoms. The Morgan fingerprint density at radius 1 is 0.575 bits per heavy atom. The third kappa shape index (κ3) is 9.38. The first kappa shape index (κ1) is 33.4. The second kappa shape index (κ2) is 15.3. The molecule has 0 aliphatic heterocycles. The predicted octanol–water partition coefficient (Wildman–Crippen LogP) is 4.84. The van der Waals surface area contributed by atoms with E-state index >= 15 is 0 Å². The van der Waals surface area contributed by atoms with Gasteiger partial charge in [0.15, 0.2) is 0 Å². The molecule has 4 aromatic carbocycles. The first-order valence-electron chi connectivity index (χ1n) is 13.0. The number of aliphatic hydroxyl groups excluding tert-OH is 2. The molecule has 0 radical (unpaired) electrons. The largest absolute Gasteiger partial charge is 0.396 e. The van der Waals surface area contributed by atoms with Crippen molar-refractivity contribution in [3.05, 3.63) is 121 Å². The van der Waals surface area contributed by atoms with Gasteiger partial charge in [-0.05, 0) is 54.4 Å².